The van der Waals surface area contributed by atoms with Crippen molar-refractivity contribution in [2.75, 3.05) is 12.5 Å². The van der Waals surface area contributed by atoms with E-state index in [-0.39, 0.29) is 11.7 Å². The molecule has 1 unspecified atom stereocenters. The van der Waals surface area contributed by atoms with E-state index in [2.05, 4.69) is 32.6 Å². The number of halogens is 2. The Kier molecular flexibility index (Phi) is 6.73. The van der Waals surface area contributed by atoms with Gasteiger partial charge in [0.25, 0.3) is 0 Å². The molecule has 1 aromatic carbocycles. The molecular weight excluding hydrogens is 263 g/mol. The summed E-state index contributed by atoms with van der Waals surface area (Å²) in [5, 5.41) is 0. The molecule has 0 heterocycles. The summed E-state index contributed by atoms with van der Waals surface area (Å²) in [4.78, 5) is 0. The molecule has 0 saturated carbocycles. The van der Waals surface area contributed by atoms with Gasteiger partial charge in [0.15, 0.2) is 0 Å². The predicted octanol–water partition coefficient (Wildman–Crippen LogP) is 4.48. The molecule has 0 aliphatic carbocycles. The molecule has 19 heavy (non-hydrogen) atoms. The van der Waals surface area contributed by atoms with Gasteiger partial charge in [0, 0.05) is 11.6 Å². The average Bonchev–Trinajstić information content (AvgIpc) is 2.32. The van der Waals surface area contributed by atoms with Gasteiger partial charge in [0.05, 0.1) is 12.5 Å². The number of hydrogen-bond donors (Lipinski definition) is 0. The number of benzene rings is 1. The van der Waals surface area contributed by atoms with E-state index in [1.807, 2.05) is 0 Å². The van der Waals surface area contributed by atoms with Crippen molar-refractivity contribution in [2.24, 2.45) is 11.8 Å². The Morgan fingerprint density at radius 2 is 2.00 bits per heavy atom. The topological polar surface area (TPSA) is 9.23 Å². The third kappa shape index (κ3) is 6.50. The molecular formula is C16H20ClFO. The molecule has 0 saturated heterocycles. The molecule has 0 radical (unpaired) electrons. The van der Waals surface area contributed by atoms with E-state index >= 15 is 0 Å². The summed E-state index contributed by atoms with van der Waals surface area (Å²) in [6.45, 7) is 7.08. The Balaban J connectivity index is 2.65. The van der Waals surface area contributed by atoms with Crippen LogP contribution in [0.15, 0.2) is 18.2 Å². The molecule has 0 aromatic heterocycles. The fraction of sp³-hybridized carbons (Fsp3) is 0.500. The lowest BCUT2D eigenvalue weighted by molar-refractivity contribution is 0.238. The minimum absolute atomic E-state index is 0.234. The van der Waals surface area contributed by atoms with Gasteiger partial charge in [-0.25, -0.2) is 4.39 Å². The molecule has 0 spiro atoms. The van der Waals surface area contributed by atoms with Crippen molar-refractivity contribution in [1.82, 2.24) is 0 Å². The van der Waals surface area contributed by atoms with Crippen molar-refractivity contribution in [3.05, 3.63) is 29.6 Å². The lowest BCUT2D eigenvalue weighted by Crippen LogP contribution is -2.11. The lowest BCUT2D eigenvalue weighted by atomic mass is 10.00. The second-order valence-corrected chi connectivity index (χ2v) is 5.42. The molecule has 3 heteroatoms. The quantitative estimate of drug-likeness (QED) is 0.572. The molecule has 0 bridgehead atoms. The highest BCUT2D eigenvalue weighted by molar-refractivity contribution is 6.19. The summed E-state index contributed by atoms with van der Waals surface area (Å²) in [5.74, 6) is 6.99. The van der Waals surface area contributed by atoms with Crippen LogP contribution in [0, 0.1) is 29.5 Å². The first kappa shape index (κ1) is 15.9. The number of alkyl halides is 1. The summed E-state index contributed by atoms with van der Waals surface area (Å²) < 4.78 is 19.0. The fourth-order valence-electron chi connectivity index (χ4n) is 1.96. The predicted molar refractivity (Wildman–Crippen MR) is 78.1 cm³/mol. The van der Waals surface area contributed by atoms with Crippen LogP contribution >= 0.6 is 11.6 Å². The van der Waals surface area contributed by atoms with Gasteiger partial charge in [0.2, 0.25) is 0 Å². The fourth-order valence-corrected chi connectivity index (χ4v) is 2.03. The smallest absolute Gasteiger partial charge is 0.128 e. The summed E-state index contributed by atoms with van der Waals surface area (Å²) in [6, 6.07) is 4.50. The number of hydrogen-bond acceptors (Lipinski definition) is 1. The van der Waals surface area contributed by atoms with Gasteiger partial charge in [-0.2, -0.15) is 0 Å². The van der Waals surface area contributed by atoms with Gasteiger partial charge < -0.3 is 4.74 Å². The highest BCUT2D eigenvalue weighted by Crippen LogP contribution is 2.18. The van der Waals surface area contributed by atoms with E-state index in [4.69, 9.17) is 16.3 Å². The Bertz CT molecular complexity index is 460. The minimum atomic E-state index is -0.340. The monoisotopic (exact) mass is 282 g/mol. The van der Waals surface area contributed by atoms with Crippen LogP contribution in [0.5, 0.6) is 5.75 Å². The standard InChI is InChI=1S/C16H20ClFO/c1-12(2)7-13(3)11-19-16-9-14(5-4-6-17)8-15(18)10-16/h8-10,12-13H,6-7,11H2,1-3H3. The highest BCUT2D eigenvalue weighted by atomic mass is 35.5. The molecule has 1 aromatic rings. The molecule has 104 valence electrons. The summed E-state index contributed by atoms with van der Waals surface area (Å²) in [7, 11) is 0. The molecule has 0 aliphatic heterocycles. The van der Waals surface area contributed by atoms with Crippen LogP contribution < -0.4 is 4.74 Å². The van der Waals surface area contributed by atoms with Crippen LogP contribution in [-0.2, 0) is 0 Å². The van der Waals surface area contributed by atoms with Gasteiger partial charge >= 0.3 is 0 Å². The second kappa shape index (κ2) is 8.07. The van der Waals surface area contributed by atoms with Crippen LogP contribution in [-0.4, -0.2) is 12.5 Å². The van der Waals surface area contributed by atoms with Crippen molar-refractivity contribution in [1.29, 1.82) is 0 Å². The van der Waals surface area contributed by atoms with Crippen LogP contribution in [0.4, 0.5) is 4.39 Å². The molecule has 1 atom stereocenters. The molecule has 1 nitrogen and oxygen atoms in total. The summed E-state index contributed by atoms with van der Waals surface area (Å²) in [5.41, 5.74) is 0.590. The lowest BCUT2D eigenvalue weighted by Gasteiger charge is -2.15. The van der Waals surface area contributed by atoms with Gasteiger partial charge in [-0.1, -0.05) is 32.6 Å². The number of ether oxygens (including phenoxy) is 1. The zero-order valence-corrected chi connectivity index (χ0v) is 12.4. The van der Waals surface area contributed by atoms with Crippen LogP contribution in [0.25, 0.3) is 0 Å². The van der Waals surface area contributed by atoms with Crippen molar-refractivity contribution >= 4 is 11.6 Å². The largest absolute Gasteiger partial charge is 0.493 e. The third-order valence-electron chi connectivity index (χ3n) is 2.58. The normalized spacial score (nSPS) is 11.9. The zero-order chi connectivity index (χ0) is 14.3. The van der Waals surface area contributed by atoms with Crippen molar-refractivity contribution < 1.29 is 9.13 Å². The van der Waals surface area contributed by atoms with Crippen molar-refractivity contribution in [3.63, 3.8) is 0 Å². The number of rotatable bonds is 5. The Morgan fingerprint density at radius 3 is 2.63 bits per heavy atom. The Hall–Kier alpha value is -1.20. The Labute approximate surface area is 120 Å². The van der Waals surface area contributed by atoms with Gasteiger partial charge in [-0.05, 0) is 30.4 Å². The molecule has 0 N–H and O–H groups in total. The SMILES string of the molecule is CC(C)CC(C)COc1cc(F)cc(C#CCCl)c1. The maximum atomic E-state index is 13.4. The van der Waals surface area contributed by atoms with Gasteiger partial charge in [-0.15, -0.1) is 11.6 Å². The molecule has 1 rings (SSSR count). The molecule has 0 amide bonds. The zero-order valence-electron chi connectivity index (χ0n) is 11.7. The molecule has 0 fully saturated rings. The average molecular weight is 283 g/mol. The van der Waals surface area contributed by atoms with E-state index in [1.54, 1.807) is 6.07 Å². The van der Waals surface area contributed by atoms with Crippen LogP contribution in [0.3, 0.4) is 0 Å². The first-order valence-corrected chi connectivity index (χ1v) is 7.03. The van der Waals surface area contributed by atoms with Crippen molar-refractivity contribution in [2.45, 2.75) is 27.2 Å². The third-order valence-corrected chi connectivity index (χ3v) is 2.71. The molecule has 0 aliphatic rings. The van der Waals surface area contributed by atoms with Gasteiger partial charge in [0.1, 0.15) is 11.6 Å². The maximum Gasteiger partial charge on any atom is 0.128 e. The Morgan fingerprint density at radius 1 is 1.26 bits per heavy atom. The van der Waals surface area contributed by atoms with E-state index in [9.17, 15) is 4.39 Å². The second-order valence-electron chi connectivity index (χ2n) is 5.16. The highest BCUT2D eigenvalue weighted by Gasteiger charge is 2.07. The summed E-state index contributed by atoms with van der Waals surface area (Å²) >= 11 is 5.48. The van der Waals surface area contributed by atoms with E-state index in [0.717, 1.165) is 6.42 Å². The maximum absolute atomic E-state index is 13.4. The van der Waals surface area contributed by atoms with E-state index in [0.29, 0.717) is 29.8 Å². The van der Waals surface area contributed by atoms with Gasteiger partial charge in [-0.3, -0.25) is 0 Å². The van der Waals surface area contributed by atoms with Crippen LogP contribution in [0.2, 0.25) is 0 Å². The summed E-state index contributed by atoms with van der Waals surface area (Å²) in [6.07, 6.45) is 1.09. The first-order valence-electron chi connectivity index (χ1n) is 6.49. The minimum Gasteiger partial charge on any atom is -0.493 e. The first-order chi connectivity index (χ1) is 9.01. The van der Waals surface area contributed by atoms with E-state index in [1.165, 1.54) is 12.1 Å². The van der Waals surface area contributed by atoms with Crippen LogP contribution in [0.1, 0.15) is 32.8 Å². The van der Waals surface area contributed by atoms with E-state index < -0.39 is 0 Å². The van der Waals surface area contributed by atoms with Crippen molar-refractivity contribution in [3.8, 4) is 17.6 Å².